The Bertz CT molecular complexity index is 1130. The highest BCUT2D eigenvalue weighted by Crippen LogP contribution is 2.41. The van der Waals surface area contributed by atoms with Crippen LogP contribution >= 0.6 is 11.3 Å². The van der Waals surface area contributed by atoms with Crippen LogP contribution < -0.4 is 15.1 Å². The number of ether oxygens (including phenoxy) is 1. The minimum Gasteiger partial charge on any atom is -0.444 e. The van der Waals surface area contributed by atoms with Gasteiger partial charge in [0.05, 0.1) is 29.3 Å². The summed E-state index contributed by atoms with van der Waals surface area (Å²) in [6.07, 6.45) is -0.0212. The minimum absolute atomic E-state index is 0.0716. The number of hydrogen-bond acceptors (Lipinski definition) is 9. The highest BCUT2D eigenvalue weighted by molar-refractivity contribution is 7.16. The van der Waals surface area contributed by atoms with E-state index in [9.17, 15) is 9.90 Å². The van der Waals surface area contributed by atoms with Crippen molar-refractivity contribution < 1.29 is 19.1 Å². The van der Waals surface area contributed by atoms with Gasteiger partial charge >= 0.3 is 6.09 Å². The van der Waals surface area contributed by atoms with Crippen LogP contribution in [-0.4, -0.2) is 53.5 Å². The van der Waals surface area contributed by atoms with Crippen molar-refractivity contribution in [3.05, 3.63) is 28.8 Å². The Morgan fingerprint density at radius 2 is 2.12 bits per heavy atom. The average Bonchev–Trinajstić information content (AvgIpc) is 3.28. The molecule has 1 amide bonds. The fourth-order valence-electron chi connectivity index (χ4n) is 3.81. The van der Waals surface area contributed by atoms with Crippen LogP contribution in [0.1, 0.15) is 44.3 Å². The lowest BCUT2D eigenvalue weighted by atomic mass is 10.00. The zero-order valence-corrected chi connectivity index (χ0v) is 20.0. The Hall–Kier alpha value is -2.85. The molecular formula is C22H29N5O4S. The van der Waals surface area contributed by atoms with Gasteiger partial charge in [0.25, 0.3) is 6.01 Å². The molecule has 10 heteroatoms. The Morgan fingerprint density at radius 3 is 2.78 bits per heavy atom. The van der Waals surface area contributed by atoms with Gasteiger partial charge in [-0.2, -0.15) is 4.98 Å². The van der Waals surface area contributed by atoms with E-state index in [0.717, 1.165) is 21.8 Å². The Balaban J connectivity index is 1.63. The Kier molecular flexibility index (Phi) is 5.76. The first kappa shape index (κ1) is 22.3. The summed E-state index contributed by atoms with van der Waals surface area (Å²) in [7, 11) is 3.95. The number of hydrogen-bond donors (Lipinski definition) is 2. The molecule has 2 N–H and O–H groups in total. The zero-order valence-electron chi connectivity index (χ0n) is 19.2. The zero-order chi connectivity index (χ0) is 23.2. The van der Waals surface area contributed by atoms with Crippen LogP contribution in [0.3, 0.4) is 0 Å². The van der Waals surface area contributed by atoms with Gasteiger partial charge in [-0.1, -0.05) is 11.3 Å². The van der Waals surface area contributed by atoms with Crippen molar-refractivity contribution in [2.24, 2.45) is 0 Å². The van der Waals surface area contributed by atoms with Crippen molar-refractivity contribution in [1.29, 1.82) is 0 Å². The summed E-state index contributed by atoms with van der Waals surface area (Å²) in [5, 5.41) is 13.3. The van der Waals surface area contributed by atoms with E-state index in [1.54, 1.807) is 0 Å². The van der Waals surface area contributed by atoms with E-state index in [1.807, 2.05) is 69.8 Å². The summed E-state index contributed by atoms with van der Waals surface area (Å²) < 4.78 is 11.4. The third-order valence-electron chi connectivity index (χ3n) is 5.26. The van der Waals surface area contributed by atoms with Crippen molar-refractivity contribution in [2.45, 2.75) is 51.8 Å². The van der Waals surface area contributed by atoms with Crippen LogP contribution in [0, 0.1) is 0 Å². The molecule has 32 heavy (non-hydrogen) atoms. The van der Waals surface area contributed by atoms with Crippen LogP contribution in [0.25, 0.3) is 11.1 Å². The van der Waals surface area contributed by atoms with E-state index in [0.29, 0.717) is 23.2 Å². The summed E-state index contributed by atoms with van der Waals surface area (Å²) >= 11 is 1.40. The molecule has 4 rings (SSSR count). The van der Waals surface area contributed by atoms with E-state index < -0.39 is 11.7 Å². The van der Waals surface area contributed by atoms with Gasteiger partial charge in [-0.15, -0.1) is 0 Å². The van der Waals surface area contributed by atoms with Gasteiger partial charge in [0.15, 0.2) is 10.7 Å². The molecular weight excluding hydrogens is 430 g/mol. The standard InChI is InChI=1S/C22H29N5O4S/c1-12-18-16(23-19(32-18)25-21(29)31-22(2,3)4)10-14(11-28)27(12)20-24-15-9-13(26(5)6)7-8-17(15)30-20/h7-9,12,14,28H,10-11H2,1-6H3,(H,23,25,29)/t12-,14-/m0/s1. The number of aliphatic hydroxyl groups is 1. The Morgan fingerprint density at radius 1 is 1.38 bits per heavy atom. The summed E-state index contributed by atoms with van der Waals surface area (Å²) in [5.74, 6) is 0. The topological polar surface area (TPSA) is 104 Å². The molecule has 1 aliphatic heterocycles. The number of aliphatic hydroxyl groups excluding tert-OH is 1. The number of amides is 1. The quantitative estimate of drug-likeness (QED) is 0.599. The first-order valence-corrected chi connectivity index (χ1v) is 11.3. The highest BCUT2D eigenvalue weighted by atomic mass is 32.1. The first-order valence-electron chi connectivity index (χ1n) is 10.5. The summed E-state index contributed by atoms with van der Waals surface area (Å²) in [5.41, 5.74) is 2.75. The molecule has 9 nitrogen and oxygen atoms in total. The molecule has 2 atom stereocenters. The smallest absolute Gasteiger partial charge is 0.413 e. The summed E-state index contributed by atoms with van der Waals surface area (Å²) in [6, 6.07) is 5.95. The van der Waals surface area contributed by atoms with E-state index >= 15 is 0 Å². The monoisotopic (exact) mass is 459 g/mol. The van der Waals surface area contributed by atoms with Gasteiger partial charge in [0.2, 0.25) is 0 Å². The number of oxazole rings is 1. The van der Waals surface area contributed by atoms with Gasteiger partial charge in [0.1, 0.15) is 11.1 Å². The van der Waals surface area contributed by atoms with Crippen molar-refractivity contribution in [3.8, 4) is 0 Å². The maximum atomic E-state index is 12.2. The van der Waals surface area contributed by atoms with Gasteiger partial charge in [-0.25, -0.2) is 9.78 Å². The van der Waals surface area contributed by atoms with Crippen molar-refractivity contribution >= 4 is 45.4 Å². The molecule has 0 fully saturated rings. The normalized spacial score (nSPS) is 18.5. The van der Waals surface area contributed by atoms with Crippen LogP contribution in [0.4, 0.5) is 21.6 Å². The van der Waals surface area contributed by atoms with Crippen LogP contribution in [0.5, 0.6) is 0 Å². The highest BCUT2D eigenvalue weighted by Gasteiger charge is 2.37. The Labute approximate surface area is 191 Å². The number of fused-ring (bicyclic) bond motifs is 2. The second-order valence-electron chi connectivity index (χ2n) is 9.12. The minimum atomic E-state index is -0.591. The molecule has 0 unspecified atom stereocenters. The molecule has 172 valence electrons. The number of rotatable bonds is 4. The van der Waals surface area contributed by atoms with E-state index in [-0.39, 0.29) is 18.7 Å². The predicted octanol–water partition coefficient (Wildman–Crippen LogP) is 4.18. The fourth-order valence-corrected chi connectivity index (χ4v) is 4.84. The average molecular weight is 460 g/mol. The number of carbonyl (C=O) groups is 1. The third-order valence-corrected chi connectivity index (χ3v) is 6.45. The van der Waals surface area contributed by atoms with Crippen LogP contribution in [0.15, 0.2) is 22.6 Å². The van der Waals surface area contributed by atoms with Crippen molar-refractivity contribution in [3.63, 3.8) is 0 Å². The summed E-state index contributed by atoms with van der Waals surface area (Å²) in [6.45, 7) is 7.39. The molecule has 0 aliphatic carbocycles. The molecule has 0 saturated carbocycles. The molecule has 1 aliphatic rings. The molecule has 2 aromatic heterocycles. The lowest BCUT2D eigenvalue weighted by Crippen LogP contribution is -2.45. The number of carbonyl (C=O) groups excluding carboxylic acids is 1. The van der Waals surface area contributed by atoms with E-state index in [4.69, 9.17) is 14.1 Å². The SMILES string of the molecule is C[C@H]1c2sc(NC(=O)OC(C)(C)C)nc2C[C@@H](CO)N1c1nc2cc(N(C)C)ccc2o1. The molecule has 0 saturated heterocycles. The molecule has 0 radical (unpaired) electrons. The van der Waals surface area contributed by atoms with E-state index in [1.165, 1.54) is 11.3 Å². The number of nitrogens with one attached hydrogen (secondary N) is 1. The molecule has 0 bridgehead atoms. The van der Waals surface area contributed by atoms with Gasteiger partial charge < -0.3 is 24.1 Å². The maximum absolute atomic E-state index is 12.2. The van der Waals surface area contributed by atoms with Gasteiger partial charge in [-0.3, -0.25) is 5.32 Å². The lowest BCUT2D eigenvalue weighted by Gasteiger charge is -2.37. The molecule has 3 heterocycles. The molecule has 1 aromatic carbocycles. The number of benzene rings is 1. The number of nitrogens with zero attached hydrogens (tertiary/aromatic N) is 4. The van der Waals surface area contributed by atoms with Crippen molar-refractivity contribution in [2.75, 3.05) is 35.8 Å². The number of thiazole rings is 1. The maximum Gasteiger partial charge on any atom is 0.413 e. The molecule has 3 aromatic rings. The predicted molar refractivity (Wildman–Crippen MR) is 126 cm³/mol. The van der Waals surface area contributed by atoms with Gasteiger partial charge in [-0.05, 0) is 45.9 Å². The second-order valence-corrected chi connectivity index (χ2v) is 10.2. The fraction of sp³-hybridized carbons (Fsp3) is 0.500. The number of anilines is 3. The van der Waals surface area contributed by atoms with Crippen LogP contribution in [0.2, 0.25) is 0 Å². The largest absolute Gasteiger partial charge is 0.444 e. The number of aromatic nitrogens is 2. The van der Waals surface area contributed by atoms with Crippen LogP contribution in [-0.2, 0) is 11.2 Å². The van der Waals surface area contributed by atoms with Crippen molar-refractivity contribution in [1.82, 2.24) is 9.97 Å². The lowest BCUT2D eigenvalue weighted by molar-refractivity contribution is 0.0636. The first-order chi connectivity index (χ1) is 15.1. The second kappa shape index (κ2) is 8.25. The summed E-state index contributed by atoms with van der Waals surface area (Å²) in [4.78, 5) is 26.5. The molecule has 0 spiro atoms. The van der Waals surface area contributed by atoms with Gasteiger partial charge in [0, 0.05) is 26.2 Å². The third kappa shape index (κ3) is 4.37. The van der Waals surface area contributed by atoms with E-state index in [2.05, 4.69) is 10.3 Å².